The van der Waals surface area contributed by atoms with Crippen molar-refractivity contribution in [2.45, 2.75) is 58.5 Å². The normalized spacial score (nSPS) is 17.4. The van der Waals surface area contributed by atoms with Crippen LogP contribution in [0.1, 0.15) is 66.8 Å². The predicted molar refractivity (Wildman–Crippen MR) is 96.0 cm³/mol. The fourth-order valence-corrected chi connectivity index (χ4v) is 3.53. The molecule has 0 fully saturated rings. The van der Waals surface area contributed by atoms with Gasteiger partial charge in [-0.25, -0.2) is 0 Å². The van der Waals surface area contributed by atoms with Crippen LogP contribution in [-0.4, -0.2) is 15.7 Å². The van der Waals surface area contributed by atoms with Gasteiger partial charge in [-0.05, 0) is 70.2 Å². The van der Waals surface area contributed by atoms with Crippen LogP contribution >= 0.6 is 0 Å². The summed E-state index contributed by atoms with van der Waals surface area (Å²) >= 11 is 0. The smallest absolute Gasteiger partial charge is 0.255 e. The van der Waals surface area contributed by atoms with Gasteiger partial charge in [0.05, 0.1) is 23.3 Å². The number of aromatic nitrogens is 2. The molecule has 0 spiro atoms. The summed E-state index contributed by atoms with van der Waals surface area (Å²) in [6.45, 7) is 8.19. The van der Waals surface area contributed by atoms with Gasteiger partial charge in [0.2, 0.25) is 0 Å². The molecule has 128 valence electrons. The Balaban J connectivity index is 1.83. The molecule has 1 unspecified atom stereocenters. The third-order valence-electron chi connectivity index (χ3n) is 4.68. The minimum absolute atomic E-state index is 0.0410. The van der Waals surface area contributed by atoms with Crippen molar-refractivity contribution >= 4 is 11.6 Å². The molecule has 1 aliphatic carbocycles. The number of aryl methyl sites for hydroxylation is 1. The maximum absolute atomic E-state index is 12.8. The van der Waals surface area contributed by atoms with E-state index in [9.17, 15) is 4.79 Å². The van der Waals surface area contributed by atoms with Crippen molar-refractivity contribution < 1.29 is 4.79 Å². The van der Waals surface area contributed by atoms with Crippen LogP contribution in [-0.2, 0) is 12.0 Å². The molecule has 0 aliphatic heterocycles. The number of benzene rings is 1. The molecule has 0 saturated heterocycles. The van der Waals surface area contributed by atoms with Gasteiger partial charge in [-0.1, -0.05) is 6.07 Å². The number of hydrogen-bond acceptors (Lipinski definition) is 3. The van der Waals surface area contributed by atoms with Crippen molar-refractivity contribution in [3.8, 4) is 0 Å². The lowest BCUT2D eigenvalue weighted by Crippen LogP contribution is -2.31. The van der Waals surface area contributed by atoms with E-state index in [1.807, 2.05) is 29.8 Å². The third kappa shape index (κ3) is 3.03. The molecule has 1 aromatic carbocycles. The molecule has 0 radical (unpaired) electrons. The SMILES string of the molecule is Cc1c(C(=O)NC2CCCc3cc(N)ccc32)cnn1C(C)(C)C. The van der Waals surface area contributed by atoms with Crippen molar-refractivity contribution in [2.24, 2.45) is 0 Å². The Labute approximate surface area is 143 Å². The molecule has 5 heteroatoms. The molecule has 2 aromatic rings. The van der Waals surface area contributed by atoms with Gasteiger partial charge in [0, 0.05) is 11.4 Å². The Hall–Kier alpha value is -2.30. The molecule has 1 heterocycles. The highest BCUT2D eigenvalue weighted by Gasteiger charge is 2.25. The number of rotatable bonds is 2. The Bertz CT molecular complexity index is 770. The fraction of sp³-hybridized carbons (Fsp3) is 0.474. The number of nitrogens with zero attached hydrogens (tertiary/aromatic N) is 2. The average molecular weight is 326 g/mol. The Morgan fingerprint density at radius 2 is 2.12 bits per heavy atom. The number of nitrogens with two attached hydrogens (primary N) is 1. The second kappa shape index (κ2) is 5.96. The lowest BCUT2D eigenvalue weighted by molar-refractivity contribution is 0.0932. The number of carbonyl (C=O) groups excluding carboxylic acids is 1. The summed E-state index contributed by atoms with van der Waals surface area (Å²) < 4.78 is 1.90. The van der Waals surface area contributed by atoms with Crippen LogP contribution in [0.5, 0.6) is 0 Å². The average Bonchev–Trinajstić information content (AvgIpc) is 2.89. The number of nitrogen functional groups attached to an aromatic ring is 1. The fourth-order valence-electron chi connectivity index (χ4n) is 3.53. The van der Waals surface area contributed by atoms with Gasteiger partial charge in [-0.15, -0.1) is 0 Å². The minimum atomic E-state index is -0.141. The van der Waals surface area contributed by atoms with Crippen LogP contribution in [0.2, 0.25) is 0 Å². The van der Waals surface area contributed by atoms with Crippen molar-refractivity contribution in [1.82, 2.24) is 15.1 Å². The molecule has 3 N–H and O–H groups in total. The maximum Gasteiger partial charge on any atom is 0.255 e. The van der Waals surface area contributed by atoms with Crippen molar-refractivity contribution in [1.29, 1.82) is 0 Å². The van der Waals surface area contributed by atoms with Crippen LogP contribution < -0.4 is 11.1 Å². The number of anilines is 1. The summed E-state index contributed by atoms with van der Waals surface area (Å²) in [5.74, 6) is -0.0577. The van der Waals surface area contributed by atoms with E-state index in [0.29, 0.717) is 5.56 Å². The van der Waals surface area contributed by atoms with Gasteiger partial charge in [0.25, 0.3) is 5.91 Å². The van der Waals surface area contributed by atoms with Crippen LogP contribution in [0.3, 0.4) is 0 Å². The minimum Gasteiger partial charge on any atom is -0.399 e. The van der Waals surface area contributed by atoms with E-state index in [2.05, 4.69) is 31.2 Å². The van der Waals surface area contributed by atoms with Crippen molar-refractivity contribution in [3.63, 3.8) is 0 Å². The van der Waals surface area contributed by atoms with Gasteiger partial charge in [0.15, 0.2) is 0 Å². The maximum atomic E-state index is 12.8. The predicted octanol–water partition coefficient (Wildman–Crippen LogP) is 3.34. The van der Waals surface area contributed by atoms with Gasteiger partial charge in [0.1, 0.15) is 0 Å². The van der Waals surface area contributed by atoms with Gasteiger partial charge in [-0.2, -0.15) is 5.10 Å². The molecular formula is C19H26N4O. The zero-order chi connectivity index (χ0) is 17.5. The van der Waals surface area contributed by atoms with E-state index in [4.69, 9.17) is 5.73 Å². The molecule has 1 aromatic heterocycles. The molecule has 3 rings (SSSR count). The lowest BCUT2D eigenvalue weighted by Gasteiger charge is -2.27. The highest BCUT2D eigenvalue weighted by atomic mass is 16.1. The van der Waals surface area contributed by atoms with Crippen LogP contribution in [0.15, 0.2) is 24.4 Å². The van der Waals surface area contributed by atoms with E-state index in [-0.39, 0.29) is 17.5 Å². The highest BCUT2D eigenvalue weighted by molar-refractivity contribution is 5.95. The first-order chi connectivity index (χ1) is 11.3. The van der Waals surface area contributed by atoms with E-state index < -0.39 is 0 Å². The standard InChI is InChI=1S/C19H26N4O/c1-12-16(11-21-23(12)19(2,3)4)18(24)22-17-7-5-6-13-10-14(20)8-9-15(13)17/h8-11,17H,5-7,20H2,1-4H3,(H,22,24). The zero-order valence-electron chi connectivity index (χ0n) is 14.9. The molecule has 5 nitrogen and oxygen atoms in total. The molecule has 0 saturated carbocycles. The topological polar surface area (TPSA) is 72.9 Å². The highest BCUT2D eigenvalue weighted by Crippen LogP contribution is 2.31. The summed E-state index contributed by atoms with van der Waals surface area (Å²) in [4.78, 5) is 12.8. The number of hydrogen-bond donors (Lipinski definition) is 2. The first kappa shape index (κ1) is 16.6. The second-order valence-electron chi connectivity index (χ2n) is 7.60. The summed E-state index contributed by atoms with van der Waals surface area (Å²) in [5.41, 5.74) is 10.5. The number of amides is 1. The molecule has 0 bridgehead atoms. The van der Waals surface area contributed by atoms with Crippen molar-refractivity contribution in [2.75, 3.05) is 5.73 Å². The summed E-state index contributed by atoms with van der Waals surface area (Å²) in [6, 6.07) is 6.02. The summed E-state index contributed by atoms with van der Waals surface area (Å²) in [5, 5.41) is 7.58. The Kier molecular flexibility index (Phi) is 4.11. The van der Waals surface area contributed by atoms with E-state index in [0.717, 1.165) is 30.6 Å². The number of fused-ring (bicyclic) bond motifs is 1. The van der Waals surface area contributed by atoms with E-state index in [1.54, 1.807) is 6.20 Å². The summed E-state index contributed by atoms with van der Waals surface area (Å²) in [6.07, 6.45) is 4.70. The number of nitrogens with one attached hydrogen (secondary N) is 1. The monoisotopic (exact) mass is 326 g/mol. The molecule has 1 atom stereocenters. The molecular weight excluding hydrogens is 300 g/mol. The van der Waals surface area contributed by atoms with Crippen LogP contribution in [0.4, 0.5) is 5.69 Å². The lowest BCUT2D eigenvalue weighted by atomic mass is 9.87. The molecule has 1 amide bonds. The summed E-state index contributed by atoms with van der Waals surface area (Å²) in [7, 11) is 0. The first-order valence-electron chi connectivity index (χ1n) is 8.51. The van der Waals surface area contributed by atoms with Crippen molar-refractivity contribution in [3.05, 3.63) is 46.8 Å². The van der Waals surface area contributed by atoms with Gasteiger partial charge in [-0.3, -0.25) is 9.48 Å². The zero-order valence-corrected chi connectivity index (χ0v) is 14.9. The third-order valence-corrected chi connectivity index (χ3v) is 4.68. The quantitative estimate of drug-likeness (QED) is 0.831. The second-order valence-corrected chi connectivity index (χ2v) is 7.60. The van der Waals surface area contributed by atoms with E-state index >= 15 is 0 Å². The molecule has 24 heavy (non-hydrogen) atoms. The van der Waals surface area contributed by atoms with Gasteiger partial charge < -0.3 is 11.1 Å². The number of carbonyl (C=O) groups is 1. The van der Waals surface area contributed by atoms with Gasteiger partial charge >= 0.3 is 0 Å². The van der Waals surface area contributed by atoms with Crippen LogP contribution in [0.25, 0.3) is 0 Å². The Morgan fingerprint density at radius 3 is 2.79 bits per heavy atom. The van der Waals surface area contributed by atoms with E-state index in [1.165, 1.54) is 11.1 Å². The Morgan fingerprint density at radius 1 is 1.38 bits per heavy atom. The first-order valence-corrected chi connectivity index (χ1v) is 8.51. The largest absolute Gasteiger partial charge is 0.399 e. The van der Waals surface area contributed by atoms with Crippen LogP contribution in [0, 0.1) is 6.92 Å². The molecule has 1 aliphatic rings.